The van der Waals surface area contributed by atoms with E-state index in [1.54, 1.807) is 29.2 Å². The van der Waals surface area contributed by atoms with Crippen molar-refractivity contribution >= 4 is 17.6 Å². The molecule has 2 heterocycles. The number of hydrogen-bond acceptors (Lipinski definition) is 5. The van der Waals surface area contributed by atoms with E-state index in [2.05, 4.69) is 21.4 Å². The first-order chi connectivity index (χ1) is 16.5. The van der Waals surface area contributed by atoms with Gasteiger partial charge in [-0.3, -0.25) is 9.59 Å². The van der Waals surface area contributed by atoms with E-state index in [9.17, 15) is 9.59 Å². The molecule has 2 amide bonds. The maximum atomic E-state index is 13.1. The number of carbonyl (C=O) groups is 2. The Labute approximate surface area is 199 Å². The zero-order valence-electron chi connectivity index (χ0n) is 19.3. The highest BCUT2D eigenvalue weighted by Crippen LogP contribution is 2.61. The first-order valence-electron chi connectivity index (χ1n) is 12.4. The summed E-state index contributed by atoms with van der Waals surface area (Å²) >= 11 is 0. The van der Waals surface area contributed by atoms with Crippen LogP contribution in [0.25, 0.3) is 0 Å². The minimum Gasteiger partial charge on any atom is -0.332 e. The van der Waals surface area contributed by atoms with Gasteiger partial charge in [-0.05, 0) is 92.4 Å². The Morgan fingerprint density at radius 1 is 1.06 bits per heavy atom. The van der Waals surface area contributed by atoms with Gasteiger partial charge >= 0.3 is 0 Å². The van der Waals surface area contributed by atoms with Crippen LogP contribution in [-0.2, 0) is 17.8 Å². The molecule has 4 fully saturated rings. The molecule has 34 heavy (non-hydrogen) atoms. The highest BCUT2D eigenvalue weighted by molar-refractivity contribution is 5.94. The summed E-state index contributed by atoms with van der Waals surface area (Å²) in [7, 11) is 0. The average molecular weight is 456 g/mol. The standard InChI is InChI=1S/C27H29N5O2/c28-14-17-1-3-21(4-2-17)26(34)32-6-5-22-23(15-32)29-16-30-25(22)31-24(33)13-27-10-18-7-19(11-27)9-20(8-18)12-27/h1-4,16,18-20H,5-13,15H2,(H,29,30,31,33). The maximum Gasteiger partial charge on any atom is 0.254 e. The zero-order valence-corrected chi connectivity index (χ0v) is 19.3. The third-order valence-electron chi connectivity index (χ3n) is 8.51. The molecule has 1 aliphatic heterocycles. The molecule has 7 nitrogen and oxygen atoms in total. The summed E-state index contributed by atoms with van der Waals surface area (Å²) in [5.74, 6) is 3.06. The predicted molar refractivity (Wildman–Crippen MR) is 125 cm³/mol. The fraction of sp³-hybridized carbons (Fsp3) is 0.519. The molecule has 1 aromatic heterocycles. The lowest BCUT2D eigenvalue weighted by atomic mass is 9.49. The Bertz CT molecular complexity index is 1150. The van der Waals surface area contributed by atoms with E-state index in [-0.39, 0.29) is 17.2 Å². The number of nitrogens with zero attached hydrogens (tertiary/aromatic N) is 4. The number of hydrogen-bond donors (Lipinski definition) is 1. The van der Waals surface area contributed by atoms with Gasteiger partial charge < -0.3 is 10.2 Å². The van der Waals surface area contributed by atoms with E-state index >= 15 is 0 Å². The summed E-state index contributed by atoms with van der Waals surface area (Å²) in [6, 6.07) is 8.76. The van der Waals surface area contributed by atoms with Gasteiger partial charge in [-0.1, -0.05) is 0 Å². The number of nitrogens with one attached hydrogen (secondary N) is 1. The molecule has 4 bridgehead atoms. The van der Waals surface area contributed by atoms with Crippen LogP contribution in [0.15, 0.2) is 30.6 Å². The van der Waals surface area contributed by atoms with Gasteiger partial charge in [-0.15, -0.1) is 0 Å². The first kappa shape index (κ1) is 21.3. The molecule has 7 heteroatoms. The number of anilines is 1. The second-order valence-electron chi connectivity index (χ2n) is 11.0. The fourth-order valence-corrected chi connectivity index (χ4v) is 7.53. The molecule has 0 saturated heterocycles. The van der Waals surface area contributed by atoms with Crippen LogP contribution in [0.1, 0.15) is 72.1 Å². The SMILES string of the molecule is N#Cc1ccc(C(=O)N2CCc3c(ncnc3NC(=O)CC34CC5CC(CC(C5)C3)C4)C2)cc1. The van der Waals surface area contributed by atoms with Gasteiger partial charge in [0.25, 0.3) is 5.91 Å². The number of amides is 2. The van der Waals surface area contributed by atoms with Crippen LogP contribution in [0, 0.1) is 34.5 Å². The minimum absolute atomic E-state index is 0.0685. The van der Waals surface area contributed by atoms with E-state index in [4.69, 9.17) is 5.26 Å². The molecule has 174 valence electrons. The Balaban J connectivity index is 1.14. The largest absolute Gasteiger partial charge is 0.332 e. The maximum absolute atomic E-state index is 13.1. The second kappa shape index (κ2) is 8.19. The van der Waals surface area contributed by atoms with Crippen molar-refractivity contribution in [2.24, 2.45) is 23.2 Å². The van der Waals surface area contributed by atoms with Crippen LogP contribution >= 0.6 is 0 Å². The number of benzene rings is 1. The van der Waals surface area contributed by atoms with E-state index in [0.717, 1.165) is 29.0 Å². The van der Waals surface area contributed by atoms with Gasteiger partial charge in [0.05, 0.1) is 23.9 Å². The summed E-state index contributed by atoms with van der Waals surface area (Å²) in [6.07, 6.45) is 10.4. The molecule has 1 N–H and O–H groups in total. The van der Waals surface area contributed by atoms with Crippen LogP contribution in [-0.4, -0.2) is 33.2 Å². The number of carbonyl (C=O) groups excluding carboxylic acids is 2. The van der Waals surface area contributed by atoms with Crippen molar-refractivity contribution < 1.29 is 9.59 Å². The number of rotatable bonds is 4. The molecule has 4 aliphatic carbocycles. The van der Waals surface area contributed by atoms with Crippen molar-refractivity contribution in [2.75, 3.05) is 11.9 Å². The summed E-state index contributed by atoms with van der Waals surface area (Å²) < 4.78 is 0. The van der Waals surface area contributed by atoms with Crippen LogP contribution in [0.3, 0.4) is 0 Å². The summed E-state index contributed by atoms with van der Waals surface area (Å²) in [6.45, 7) is 0.922. The van der Waals surface area contributed by atoms with Gasteiger partial charge in [-0.2, -0.15) is 5.26 Å². The van der Waals surface area contributed by atoms with E-state index in [1.165, 1.54) is 44.9 Å². The molecule has 2 aromatic rings. The monoisotopic (exact) mass is 455 g/mol. The normalized spacial score (nSPS) is 28.8. The van der Waals surface area contributed by atoms with Crippen molar-refractivity contribution in [3.05, 3.63) is 53.0 Å². The smallest absolute Gasteiger partial charge is 0.254 e. The second-order valence-corrected chi connectivity index (χ2v) is 11.0. The minimum atomic E-state index is -0.0823. The Morgan fingerprint density at radius 2 is 1.74 bits per heavy atom. The average Bonchev–Trinajstić information content (AvgIpc) is 2.82. The molecule has 0 unspecified atom stereocenters. The molecule has 7 rings (SSSR count). The molecule has 0 spiro atoms. The summed E-state index contributed by atoms with van der Waals surface area (Å²) in [5, 5.41) is 12.1. The van der Waals surface area contributed by atoms with Crippen LogP contribution in [0.2, 0.25) is 0 Å². The predicted octanol–water partition coefficient (Wildman–Crippen LogP) is 4.09. The van der Waals surface area contributed by atoms with Crippen LogP contribution in [0.4, 0.5) is 5.82 Å². The highest BCUT2D eigenvalue weighted by Gasteiger charge is 2.51. The lowest BCUT2D eigenvalue weighted by Gasteiger charge is -2.56. The lowest BCUT2D eigenvalue weighted by Crippen LogP contribution is -2.47. The van der Waals surface area contributed by atoms with Gasteiger partial charge in [0.2, 0.25) is 5.91 Å². The Hall–Kier alpha value is -3.27. The third kappa shape index (κ3) is 3.85. The van der Waals surface area contributed by atoms with Gasteiger partial charge in [0.15, 0.2) is 0 Å². The highest BCUT2D eigenvalue weighted by atomic mass is 16.2. The number of fused-ring (bicyclic) bond motifs is 1. The fourth-order valence-electron chi connectivity index (χ4n) is 7.53. The quantitative estimate of drug-likeness (QED) is 0.749. The third-order valence-corrected chi connectivity index (χ3v) is 8.51. The van der Waals surface area contributed by atoms with Crippen molar-refractivity contribution in [1.29, 1.82) is 5.26 Å². The van der Waals surface area contributed by atoms with E-state index < -0.39 is 0 Å². The molecular formula is C27H29N5O2. The van der Waals surface area contributed by atoms with Gasteiger partial charge in [-0.25, -0.2) is 9.97 Å². The summed E-state index contributed by atoms with van der Waals surface area (Å²) in [4.78, 5) is 36.7. The Morgan fingerprint density at radius 3 is 2.38 bits per heavy atom. The first-order valence-corrected chi connectivity index (χ1v) is 12.4. The van der Waals surface area contributed by atoms with Crippen molar-refractivity contribution in [3.63, 3.8) is 0 Å². The van der Waals surface area contributed by atoms with E-state index in [1.807, 2.05) is 0 Å². The van der Waals surface area contributed by atoms with Gasteiger partial charge in [0, 0.05) is 24.1 Å². The molecule has 1 aromatic carbocycles. The molecule has 0 atom stereocenters. The molecule has 0 radical (unpaired) electrons. The Kier molecular flexibility index (Phi) is 5.13. The molecule has 5 aliphatic rings. The van der Waals surface area contributed by atoms with Crippen molar-refractivity contribution in [2.45, 2.75) is 57.9 Å². The molecular weight excluding hydrogens is 426 g/mol. The zero-order chi connectivity index (χ0) is 23.3. The summed E-state index contributed by atoms with van der Waals surface area (Å²) in [5.41, 5.74) is 3.00. The van der Waals surface area contributed by atoms with Crippen LogP contribution < -0.4 is 5.32 Å². The lowest BCUT2D eigenvalue weighted by molar-refractivity contribution is -0.124. The number of nitriles is 1. The van der Waals surface area contributed by atoms with Gasteiger partial charge in [0.1, 0.15) is 12.1 Å². The van der Waals surface area contributed by atoms with Crippen molar-refractivity contribution in [1.82, 2.24) is 14.9 Å². The van der Waals surface area contributed by atoms with Crippen molar-refractivity contribution in [3.8, 4) is 6.07 Å². The molecule has 4 saturated carbocycles. The topological polar surface area (TPSA) is 99.0 Å². The van der Waals surface area contributed by atoms with Crippen LogP contribution in [0.5, 0.6) is 0 Å². The van der Waals surface area contributed by atoms with E-state index in [0.29, 0.717) is 42.9 Å². The number of aromatic nitrogens is 2.